The summed E-state index contributed by atoms with van der Waals surface area (Å²) in [5.74, 6) is -0.148. The molecule has 1 N–H and O–H groups in total. The van der Waals surface area contributed by atoms with Gasteiger partial charge in [0.15, 0.2) is 5.43 Å². The van der Waals surface area contributed by atoms with E-state index in [4.69, 9.17) is 4.74 Å². The van der Waals surface area contributed by atoms with Gasteiger partial charge in [0.1, 0.15) is 11.6 Å². The summed E-state index contributed by atoms with van der Waals surface area (Å²) in [4.78, 5) is 30.5. The van der Waals surface area contributed by atoms with E-state index < -0.39 is 11.2 Å². The summed E-state index contributed by atoms with van der Waals surface area (Å²) in [6, 6.07) is 9.60. The lowest BCUT2D eigenvalue weighted by molar-refractivity contribution is 0.0794. The summed E-state index contributed by atoms with van der Waals surface area (Å²) in [5.41, 5.74) is 1.12. The Morgan fingerprint density at radius 2 is 1.81 bits per heavy atom. The van der Waals surface area contributed by atoms with Crippen molar-refractivity contribution in [1.82, 2.24) is 9.88 Å². The maximum absolute atomic E-state index is 14.5. The molecule has 4 rings (SSSR count). The van der Waals surface area contributed by atoms with Crippen LogP contribution in [0.1, 0.15) is 23.2 Å². The molecule has 1 aliphatic heterocycles. The third-order valence-electron chi connectivity index (χ3n) is 5.01. The van der Waals surface area contributed by atoms with Crippen LogP contribution in [-0.4, -0.2) is 36.0 Å². The Hall–Kier alpha value is -3.15. The molecule has 6 heteroatoms. The molecule has 1 aliphatic rings. The lowest BCUT2D eigenvalue weighted by Crippen LogP contribution is -2.28. The number of H-pyrrole nitrogens is 1. The van der Waals surface area contributed by atoms with Crippen molar-refractivity contribution in [3.63, 3.8) is 0 Å². The highest BCUT2D eigenvalue weighted by Crippen LogP contribution is 2.25. The number of ether oxygens (including phenoxy) is 1. The first-order chi connectivity index (χ1) is 13.1. The number of aromatic nitrogens is 1. The second-order valence-electron chi connectivity index (χ2n) is 6.60. The minimum absolute atomic E-state index is 0.0895. The minimum atomic E-state index is -0.639. The van der Waals surface area contributed by atoms with Gasteiger partial charge in [0.05, 0.1) is 23.6 Å². The lowest BCUT2D eigenvalue weighted by Gasteiger charge is -2.17. The van der Waals surface area contributed by atoms with E-state index in [1.165, 1.54) is 18.3 Å². The number of pyridine rings is 1. The maximum atomic E-state index is 14.5. The van der Waals surface area contributed by atoms with E-state index in [-0.39, 0.29) is 16.8 Å². The van der Waals surface area contributed by atoms with Crippen LogP contribution in [0.4, 0.5) is 4.39 Å². The van der Waals surface area contributed by atoms with Crippen molar-refractivity contribution in [1.29, 1.82) is 0 Å². The number of carbonyl (C=O) groups is 1. The first-order valence-corrected chi connectivity index (χ1v) is 8.88. The number of nitrogens with one attached hydrogen (secondary N) is 1. The summed E-state index contributed by atoms with van der Waals surface area (Å²) >= 11 is 0. The Morgan fingerprint density at radius 1 is 1.11 bits per heavy atom. The number of likely N-dealkylation sites (tertiary alicyclic amines) is 1. The van der Waals surface area contributed by atoms with Crippen LogP contribution in [0.2, 0.25) is 0 Å². The number of fused-ring (bicyclic) bond motifs is 1. The zero-order chi connectivity index (χ0) is 19.0. The molecule has 3 aromatic rings. The Balaban J connectivity index is 1.86. The third kappa shape index (κ3) is 2.97. The quantitative estimate of drug-likeness (QED) is 0.771. The van der Waals surface area contributed by atoms with Crippen molar-refractivity contribution in [2.75, 3.05) is 20.2 Å². The molecule has 138 valence electrons. The number of amides is 1. The topological polar surface area (TPSA) is 62.4 Å². The number of carbonyl (C=O) groups excluding carboxylic acids is 1. The molecule has 0 saturated carbocycles. The van der Waals surface area contributed by atoms with Crippen molar-refractivity contribution in [3.05, 3.63) is 64.2 Å². The molecule has 2 aromatic carbocycles. The normalized spacial score (nSPS) is 13.9. The van der Waals surface area contributed by atoms with Gasteiger partial charge in [0.25, 0.3) is 5.91 Å². The number of benzene rings is 2. The van der Waals surface area contributed by atoms with Crippen molar-refractivity contribution in [3.8, 4) is 16.9 Å². The van der Waals surface area contributed by atoms with Crippen LogP contribution in [0.5, 0.6) is 5.75 Å². The summed E-state index contributed by atoms with van der Waals surface area (Å²) in [6.07, 6.45) is 3.46. The van der Waals surface area contributed by atoms with Crippen LogP contribution in [-0.2, 0) is 0 Å². The number of aromatic amines is 1. The zero-order valence-corrected chi connectivity index (χ0v) is 14.9. The number of rotatable bonds is 3. The van der Waals surface area contributed by atoms with Crippen LogP contribution in [0, 0.1) is 5.82 Å². The number of halogens is 1. The zero-order valence-electron chi connectivity index (χ0n) is 14.9. The summed E-state index contributed by atoms with van der Waals surface area (Å²) in [5, 5.41) is -0.0895. The molecule has 1 aromatic heterocycles. The number of methoxy groups -OCH3 is 1. The van der Waals surface area contributed by atoms with E-state index in [1.54, 1.807) is 36.3 Å². The van der Waals surface area contributed by atoms with Crippen LogP contribution >= 0.6 is 0 Å². The van der Waals surface area contributed by atoms with E-state index in [9.17, 15) is 14.0 Å². The molecule has 0 spiro atoms. The smallest absolute Gasteiger partial charge is 0.255 e. The van der Waals surface area contributed by atoms with Crippen LogP contribution in [0.25, 0.3) is 22.0 Å². The molecule has 1 amide bonds. The molecule has 0 atom stereocenters. The van der Waals surface area contributed by atoms with Crippen LogP contribution in [0.15, 0.2) is 47.4 Å². The van der Waals surface area contributed by atoms with Gasteiger partial charge < -0.3 is 14.6 Å². The van der Waals surface area contributed by atoms with Crippen LogP contribution in [0.3, 0.4) is 0 Å². The van der Waals surface area contributed by atoms with E-state index in [2.05, 4.69) is 4.98 Å². The van der Waals surface area contributed by atoms with Crippen molar-refractivity contribution < 1.29 is 13.9 Å². The maximum Gasteiger partial charge on any atom is 0.255 e. The fraction of sp³-hybridized carbons (Fsp3) is 0.238. The monoisotopic (exact) mass is 366 g/mol. The first kappa shape index (κ1) is 17.3. The van der Waals surface area contributed by atoms with Gasteiger partial charge in [-0.25, -0.2) is 4.39 Å². The number of hydrogen-bond donors (Lipinski definition) is 1. The Labute approximate surface area is 155 Å². The van der Waals surface area contributed by atoms with Gasteiger partial charge in [-0.15, -0.1) is 0 Å². The van der Waals surface area contributed by atoms with Crippen molar-refractivity contribution in [2.24, 2.45) is 0 Å². The fourth-order valence-electron chi connectivity index (χ4n) is 3.55. The summed E-state index contributed by atoms with van der Waals surface area (Å²) in [6.45, 7) is 1.37. The van der Waals surface area contributed by atoms with Gasteiger partial charge >= 0.3 is 0 Å². The second kappa shape index (κ2) is 6.87. The lowest BCUT2D eigenvalue weighted by atomic mass is 10.0. The summed E-state index contributed by atoms with van der Waals surface area (Å²) in [7, 11) is 1.56. The van der Waals surface area contributed by atoms with Gasteiger partial charge in [-0.2, -0.15) is 0 Å². The largest absolute Gasteiger partial charge is 0.497 e. The average Bonchev–Trinajstić information content (AvgIpc) is 3.23. The van der Waals surface area contributed by atoms with Crippen molar-refractivity contribution in [2.45, 2.75) is 12.8 Å². The molecular formula is C21H19FN2O3. The van der Waals surface area contributed by atoms with Crippen molar-refractivity contribution >= 4 is 16.8 Å². The molecule has 0 radical (unpaired) electrons. The van der Waals surface area contributed by atoms with Gasteiger partial charge in [-0.1, -0.05) is 12.1 Å². The van der Waals surface area contributed by atoms with E-state index in [0.29, 0.717) is 35.5 Å². The molecule has 0 unspecified atom stereocenters. The van der Waals surface area contributed by atoms with E-state index in [1.807, 2.05) is 0 Å². The number of hydrogen-bond acceptors (Lipinski definition) is 3. The highest BCUT2D eigenvalue weighted by Gasteiger charge is 2.23. The third-order valence-corrected chi connectivity index (χ3v) is 5.01. The van der Waals surface area contributed by atoms with E-state index >= 15 is 0 Å². The van der Waals surface area contributed by atoms with Crippen LogP contribution < -0.4 is 10.2 Å². The second-order valence-corrected chi connectivity index (χ2v) is 6.60. The fourth-order valence-corrected chi connectivity index (χ4v) is 3.55. The molecular weight excluding hydrogens is 347 g/mol. The molecule has 2 heterocycles. The first-order valence-electron chi connectivity index (χ1n) is 8.88. The predicted octanol–water partition coefficient (Wildman–Crippen LogP) is 3.58. The van der Waals surface area contributed by atoms with Gasteiger partial charge in [0.2, 0.25) is 0 Å². The minimum Gasteiger partial charge on any atom is -0.497 e. The molecule has 0 aliphatic carbocycles. The molecule has 5 nitrogen and oxygen atoms in total. The van der Waals surface area contributed by atoms with Gasteiger partial charge in [-0.05, 0) is 42.7 Å². The SMILES string of the molecule is COc1ccc(-c2c[nH]c3c(C(=O)N4CCCC4)ccc(F)c3c2=O)cc1. The molecule has 1 saturated heterocycles. The highest BCUT2D eigenvalue weighted by atomic mass is 19.1. The molecule has 0 bridgehead atoms. The highest BCUT2D eigenvalue weighted by molar-refractivity contribution is 6.06. The Kier molecular flexibility index (Phi) is 4.39. The standard InChI is InChI=1S/C21H19FN2O3/c1-27-14-6-4-13(5-7-14)16-12-23-19-15(21(26)24-10-2-3-11-24)8-9-17(22)18(19)20(16)25/h4-9,12H,2-3,10-11H2,1H3,(H,23,25). The van der Waals surface area contributed by atoms with E-state index in [0.717, 1.165) is 12.8 Å². The molecule has 27 heavy (non-hydrogen) atoms. The Bertz CT molecular complexity index is 1070. The predicted molar refractivity (Wildman–Crippen MR) is 102 cm³/mol. The summed E-state index contributed by atoms with van der Waals surface area (Å²) < 4.78 is 19.6. The Morgan fingerprint density at radius 3 is 2.48 bits per heavy atom. The molecule has 1 fully saturated rings. The number of nitrogens with zero attached hydrogens (tertiary/aromatic N) is 1. The van der Waals surface area contributed by atoms with Gasteiger partial charge in [0, 0.05) is 24.8 Å². The van der Waals surface area contributed by atoms with Gasteiger partial charge in [-0.3, -0.25) is 9.59 Å². The average molecular weight is 366 g/mol.